The van der Waals surface area contributed by atoms with Crippen molar-refractivity contribution in [2.45, 2.75) is 0 Å². The molecule has 338 valence electrons. The van der Waals surface area contributed by atoms with E-state index in [1.54, 1.807) is 0 Å². The van der Waals surface area contributed by atoms with Crippen LogP contribution in [0, 0.1) is 0 Å². The molecule has 2 aliphatic heterocycles. The number of nitrogens with one attached hydrogen (secondary N) is 2. The van der Waals surface area contributed by atoms with Crippen LogP contribution in [0.4, 0.5) is 0 Å². The molecule has 9 rings (SSSR count). The number of rotatable bonds is 8. The average Bonchev–Trinajstić information content (AvgIpc) is 3.98. The Morgan fingerprint density at radius 2 is 0.500 bits per heavy atom. The molecule has 0 radical (unpaired) electrons. The number of carboxylic acids is 4. The molecule has 0 aliphatic carbocycles. The summed E-state index contributed by atoms with van der Waals surface area (Å²) in [6.45, 7) is 0. The molecular weight excluding hydrogens is 1040 g/mol. The molecule has 2 aliphatic rings. The predicted octanol–water partition coefficient (Wildman–Crippen LogP) is 15.0. The topological polar surface area (TPSA) is 207 Å². The van der Waals surface area contributed by atoms with Gasteiger partial charge in [0, 0.05) is 22.3 Å². The lowest BCUT2D eigenvalue weighted by Gasteiger charge is -2.08. The van der Waals surface area contributed by atoms with Crippen molar-refractivity contribution < 1.29 is 39.6 Å². The summed E-state index contributed by atoms with van der Waals surface area (Å²) in [5.41, 5.74) is 2.23. The number of nitrogens with zero attached hydrogens (tertiary/aromatic N) is 2. The second kappa shape index (κ2) is 18.0. The van der Waals surface area contributed by atoms with E-state index in [0.29, 0.717) is 22.3 Å². The Bertz CT molecular complexity index is 3170. The SMILES string of the molecule is O=C(O)c1ccc(-c2c3nc(c(-c4ccc(C(=O)O)cc4)c4[nH]c(c(Cl)c4Cl)c(-c4ccc(C(=O)O)cc4)c4nc(c(-c5ccc(C(=O)O)cc5)c5[nH]c2c(Cl)c5Cl)C(Cl)=C4Cl)C(Cl)=C3Cl)cc1. The third-order valence-electron chi connectivity index (χ3n) is 11.1. The number of carboxylic acid groups (broad SMARTS) is 4. The number of hydrogen-bond donors (Lipinski definition) is 6. The average molecular weight is 1070 g/mol. The number of hydrogen-bond acceptors (Lipinski definition) is 6. The van der Waals surface area contributed by atoms with Crippen molar-refractivity contribution in [3.63, 3.8) is 0 Å². The van der Waals surface area contributed by atoms with Crippen LogP contribution in [0.25, 0.3) is 86.7 Å². The minimum atomic E-state index is -1.20. The van der Waals surface area contributed by atoms with E-state index < -0.39 is 23.9 Å². The molecular formula is C48H22Cl8N4O8. The van der Waals surface area contributed by atoms with Gasteiger partial charge in [0.1, 0.15) is 0 Å². The van der Waals surface area contributed by atoms with Gasteiger partial charge in [-0.05, 0) is 70.8 Å². The van der Waals surface area contributed by atoms with Crippen LogP contribution in [-0.4, -0.2) is 64.2 Å². The summed E-state index contributed by atoms with van der Waals surface area (Å²) in [4.78, 5) is 64.7. The van der Waals surface area contributed by atoms with Gasteiger partial charge in [-0.1, -0.05) is 141 Å². The zero-order chi connectivity index (χ0) is 48.6. The Hall–Kier alpha value is -6.32. The van der Waals surface area contributed by atoms with E-state index in [2.05, 4.69) is 9.97 Å². The Labute approximate surface area is 422 Å². The van der Waals surface area contributed by atoms with Crippen molar-refractivity contribution in [2.24, 2.45) is 0 Å². The molecule has 20 heteroatoms. The number of H-pyrrole nitrogens is 2. The van der Waals surface area contributed by atoms with Gasteiger partial charge in [0.15, 0.2) is 0 Å². The van der Waals surface area contributed by atoms with Crippen LogP contribution in [-0.2, 0) is 0 Å². The fourth-order valence-corrected chi connectivity index (χ4v) is 9.66. The number of aromatic amines is 2. The first-order valence-electron chi connectivity index (χ1n) is 19.4. The van der Waals surface area contributed by atoms with Gasteiger partial charge in [-0.25, -0.2) is 29.1 Å². The summed E-state index contributed by atoms with van der Waals surface area (Å²) in [5, 5.41) is 38.4. The molecule has 12 nitrogen and oxygen atoms in total. The molecule has 0 spiro atoms. The molecule has 6 N–H and O–H groups in total. The van der Waals surface area contributed by atoms with Gasteiger partial charge in [-0.3, -0.25) is 0 Å². The zero-order valence-corrected chi connectivity index (χ0v) is 39.6. The highest BCUT2D eigenvalue weighted by Gasteiger charge is 2.32. The van der Waals surface area contributed by atoms with Crippen molar-refractivity contribution in [1.29, 1.82) is 0 Å². The summed E-state index contributed by atoms with van der Waals surface area (Å²) in [6.07, 6.45) is 0. The minimum absolute atomic E-state index is 0.00906. The number of benzene rings is 4. The molecule has 68 heavy (non-hydrogen) atoms. The molecule has 0 saturated carbocycles. The molecule has 7 aromatic rings. The lowest BCUT2D eigenvalue weighted by molar-refractivity contribution is 0.0686. The van der Waals surface area contributed by atoms with Gasteiger partial charge < -0.3 is 30.4 Å². The fourth-order valence-electron chi connectivity index (χ4n) is 7.81. The minimum Gasteiger partial charge on any atom is -0.478 e. The molecule has 5 heterocycles. The monoisotopic (exact) mass is 1060 g/mol. The highest BCUT2D eigenvalue weighted by Crippen LogP contribution is 2.52. The summed E-state index contributed by atoms with van der Waals surface area (Å²) in [5.74, 6) is -4.80. The van der Waals surface area contributed by atoms with E-state index in [4.69, 9.17) is 103 Å². The Balaban J connectivity index is 1.58. The molecule has 0 fully saturated rings. The van der Waals surface area contributed by atoms with Crippen molar-refractivity contribution in [3.8, 4) is 44.5 Å². The zero-order valence-electron chi connectivity index (χ0n) is 33.6. The Morgan fingerprint density at radius 3 is 0.662 bits per heavy atom. The Kier molecular flexibility index (Phi) is 12.4. The fraction of sp³-hybridized carbons (Fsp3) is 0. The number of carbonyl (C=O) groups is 4. The van der Waals surface area contributed by atoms with Gasteiger partial charge >= 0.3 is 23.9 Å². The number of fused-ring (bicyclic) bond motifs is 8. The van der Waals surface area contributed by atoms with Crippen molar-refractivity contribution >= 4 is 159 Å². The van der Waals surface area contributed by atoms with Gasteiger partial charge in [0.25, 0.3) is 0 Å². The first kappa shape index (κ1) is 46.8. The van der Waals surface area contributed by atoms with Crippen LogP contribution in [0.5, 0.6) is 0 Å². The summed E-state index contributed by atoms with van der Waals surface area (Å²) in [6, 6.07) is 22.8. The van der Waals surface area contributed by atoms with Crippen LogP contribution in [0.2, 0.25) is 20.1 Å². The van der Waals surface area contributed by atoms with Crippen LogP contribution >= 0.6 is 92.8 Å². The van der Waals surface area contributed by atoms with Crippen LogP contribution in [0.15, 0.2) is 97.1 Å². The normalized spacial score (nSPS) is 12.5. The van der Waals surface area contributed by atoms with Gasteiger partial charge in [0.05, 0.1) is 107 Å². The highest BCUT2D eigenvalue weighted by molar-refractivity contribution is 6.67. The quantitative estimate of drug-likeness (QED) is 0.0849. The van der Waals surface area contributed by atoms with E-state index in [1.807, 2.05) is 0 Å². The molecule has 0 atom stereocenters. The maximum Gasteiger partial charge on any atom is 0.335 e. The molecule has 0 saturated heterocycles. The molecule has 0 amide bonds. The second-order valence-corrected chi connectivity index (χ2v) is 17.9. The van der Waals surface area contributed by atoms with Crippen LogP contribution < -0.4 is 0 Å². The molecule has 8 bridgehead atoms. The van der Waals surface area contributed by atoms with E-state index in [9.17, 15) is 39.6 Å². The summed E-state index contributed by atoms with van der Waals surface area (Å²) < 4.78 is 0. The largest absolute Gasteiger partial charge is 0.478 e. The van der Waals surface area contributed by atoms with Crippen LogP contribution in [0.3, 0.4) is 0 Å². The summed E-state index contributed by atoms with van der Waals surface area (Å²) in [7, 11) is 0. The maximum atomic E-state index is 12.0. The maximum absolute atomic E-state index is 12.0. The second-order valence-electron chi connectivity index (χ2n) is 14.9. The van der Waals surface area contributed by atoms with E-state index in [1.165, 1.54) is 97.1 Å². The smallest absolute Gasteiger partial charge is 0.335 e. The Morgan fingerprint density at radius 1 is 0.324 bits per heavy atom. The van der Waals surface area contributed by atoms with Crippen molar-refractivity contribution in [3.05, 3.63) is 162 Å². The standard InChI is InChI=1S/C48H22Cl8N4O8/c49-29-31(51)39-26(18-3-11-22(12-4-18)46(63)64)41-33(53)35(55)43(59-41)28(20-7-15-24(16-8-20)48(67)68)44-36(56)34(54)42(60-44)27(19-5-13-23(14-6-19)47(65)66)40-32(52)30(50)38(58-40)25(37(29)57-39)17-1-9-21(10-2-17)45(61)62/h1-16,57,60H,(H,61,62)(H,63,64)(H,65,66)(H,67,68). The number of halogens is 8. The van der Waals surface area contributed by atoms with Crippen molar-refractivity contribution in [1.82, 2.24) is 19.9 Å². The number of aromatic nitrogens is 4. The van der Waals surface area contributed by atoms with Gasteiger partial charge in [-0.2, -0.15) is 0 Å². The van der Waals surface area contributed by atoms with E-state index in [-0.39, 0.29) is 130 Å². The highest BCUT2D eigenvalue weighted by atomic mass is 35.5. The summed E-state index contributed by atoms with van der Waals surface area (Å²) >= 11 is 57.8. The first-order chi connectivity index (χ1) is 32.4. The molecule has 0 unspecified atom stereocenters. The van der Waals surface area contributed by atoms with E-state index >= 15 is 0 Å². The van der Waals surface area contributed by atoms with Gasteiger partial charge in [-0.15, -0.1) is 0 Å². The molecule has 4 aromatic carbocycles. The third kappa shape index (κ3) is 7.86. The first-order valence-corrected chi connectivity index (χ1v) is 22.4. The number of aromatic carboxylic acids is 4. The van der Waals surface area contributed by atoms with Gasteiger partial charge in [0.2, 0.25) is 0 Å². The lowest BCUT2D eigenvalue weighted by Crippen LogP contribution is -1.96. The lowest BCUT2D eigenvalue weighted by atomic mass is 10.0. The third-order valence-corrected chi connectivity index (χ3v) is 14.4. The van der Waals surface area contributed by atoms with E-state index in [0.717, 1.165) is 0 Å². The predicted molar refractivity (Wildman–Crippen MR) is 268 cm³/mol. The van der Waals surface area contributed by atoms with Crippen LogP contribution in [0.1, 0.15) is 64.2 Å². The van der Waals surface area contributed by atoms with Crippen molar-refractivity contribution in [2.75, 3.05) is 0 Å². The molecule has 3 aromatic heterocycles.